The zero-order chi connectivity index (χ0) is 22.1. The number of benzene rings is 3. The predicted molar refractivity (Wildman–Crippen MR) is 120 cm³/mol. The van der Waals surface area contributed by atoms with Gasteiger partial charge >= 0.3 is 5.97 Å². The predicted octanol–water partition coefficient (Wildman–Crippen LogP) is 5.31. The third-order valence-electron chi connectivity index (χ3n) is 4.70. The van der Waals surface area contributed by atoms with Gasteiger partial charge in [-0.3, -0.25) is 4.79 Å². The number of rotatable bonds is 8. The second-order valence-electron chi connectivity index (χ2n) is 6.77. The van der Waals surface area contributed by atoms with E-state index in [1.165, 1.54) is 0 Å². The molecule has 0 fully saturated rings. The van der Waals surface area contributed by atoms with Crippen molar-refractivity contribution < 1.29 is 19.0 Å². The fourth-order valence-corrected chi connectivity index (χ4v) is 3.06. The first-order valence-corrected chi connectivity index (χ1v) is 9.82. The monoisotopic (exact) mass is 413 g/mol. The molecular formula is C26H23NO4. The molecule has 0 N–H and O–H groups in total. The van der Waals surface area contributed by atoms with E-state index in [0.29, 0.717) is 35.7 Å². The van der Waals surface area contributed by atoms with Crippen LogP contribution in [0.4, 0.5) is 0 Å². The smallest absolute Gasteiger partial charge is 0.311 e. The molecule has 5 heteroatoms. The average Bonchev–Trinajstić information content (AvgIpc) is 2.82. The summed E-state index contributed by atoms with van der Waals surface area (Å²) in [5.74, 6) is 1.34. The lowest BCUT2D eigenvalue weighted by Crippen LogP contribution is -2.08. The van der Waals surface area contributed by atoms with Gasteiger partial charge in [0.2, 0.25) is 0 Å². The maximum atomic E-state index is 12.1. The molecule has 0 spiro atoms. The molecule has 0 radical (unpaired) electrons. The largest absolute Gasteiger partial charge is 0.493 e. The van der Waals surface area contributed by atoms with Crippen molar-refractivity contribution in [2.24, 2.45) is 0 Å². The zero-order valence-corrected chi connectivity index (χ0v) is 17.5. The van der Waals surface area contributed by atoms with E-state index in [-0.39, 0.29) is 5.97 Å². The van der Waals surface area contributed by atoms with Gasteiger partial charge < -0.3 is 14.2 Å². The van der Waals surface area contributed by atoms with E-state index < -0.39 is 0 Å². The fourth-order valence-electron chi connectivity index (χ4n) is 3.06. The van der Waals surface area contributed by atoms with Gasteiger partial charge in [-0.2, -0.15) is 5.26 Å². The molecule has 156 valence electrons. The Labute approximate surface area is 182 Å². The summed E-state index contributed by atoms with van der Waals surface area (Å²) < 4.78 is 16.0. The normalized spacial score (nSPS) is 10.8. The highest BCUT2D eigenvalue weighted by molar-refractivity contribution is 5.90. The van der Waals surface area contributed by atoms with E-state index >= 15 is 0 Å². The highest BCUT2D eigenvalue weighted by atomic mass is 16.5. The second-order valence-corrected chi connectivity index (χ2v) is 6.77. The number of nitriles is 1. The van der Waals surface area contributed by atoms with Crippen molar-refractivity contribution in [1.82, 2.24) is 0 Å². The molecule has 0 heterocycles. The number of hydrogen-bond donors (Lipinski definition) is 0. The Kier molecular flexibility index (Phi) is 7.45. The Morgan fingerprint density at radius 3 is 2.29 bits per heavy atom. The van der Waals surface area contributed by atoms with Crippen molar-refractivity contribution >= 4 is 17.6 Å². The van der Waals surface area contributed by atoms with Crippen LogP contribution in [0.5, 0.6) is 17.2 Å². The van der Waals surface area contributed by atoms with Gasteiger partial charge in [0.05, 0.1) is 25.9 Å². The van der Waals surface area contributed by atoms with Crippen LogP contribution in [0.15, 0.2) is 72.8 Å². The van der Waals surface area contributed by atoms with Crippen LogP contribution in [0, 0.1) is 11.3 Å². The molecule has 0 saturated heterocycles. The molecule has 0 bridgehead atoms. The van der Waals surface area contributed by atoms with Crippen LogP contribution in [-0.4, -0.2) is 20.2 Å². The van der Waals surface area contributed by atoms with E-state index in [1.54, 1.807) is 62.8 Å². The number of ether oxygens (including phenoxy) is 3. The highest BCUT2D eigenvalue weighted by Gasteiger charge is 2.09. The molecule has 0 aliphatic carbocycles. The van der Waals surface area contributed by atoms with Crippen molar-refractivity contribution in [3.8, 4) is 23.3 Å². The minimum absolute atomic E-state index is 0.282. The topological polar surface area (TPSA) is 68.5 Å². The molecule has 3 rings (SSSR count). The Bertz CT molecular complexity index is 1100. The van der Waals surface area contributed by atoms with Gasteiger partial charge in [-0.15, -0.1) is 0 Å². The molecule has 0 aromatic heterocycles. The summed E-state index contributed by atoms with van der Waals surface area (Å²) in [6, 6.07) is 24.4. The zero-order valence-electron chi connectivity index (χ0n) is 17.5. The van der Waals surface area contributed by atoms with Gasteiger partial charge in [-0.05, 0) is 59.5 Å². The first-order valence-electron chi connectivity index (χ1n) is 9.82. The first-order chi connectivity index (χ1) is 15.1. The third-order valence-corrected chi connectivity index (χ3v) is 4.70. The summed E-state index contributed by atoms with van der Waals surface area (Å²) in [5, 5.41) is 9.60. The standard InChI is InChI=1S/C26H23NO4/c1-29-24-14-11-21(17-25(24)30-2)22(18-27)16-20-8-12-23(13-9-20)31-26(28)15-10-19-6-4-3-5-7-19/h3-9,11-14,16-17H,10,15H2,1-2H3/b22-16-. The van der Waals surface area contributed by atoms with Gasteiger partial charge in [-0.25, -0.2) is 0 Å². The van der Waals surface area contributed by atoms with Crippen molar-refractivity contribution in [2.45, 2.75) is 12.8 Å². The summed E-state index contributed by atoms with van der Waals surface area (Å²) in [6.45, 7) is 0. The van der Waals surface area contributed by atoms with E-state index in [2.05, 4.69) is 6.07 Å². The van der Waals surface area contributed by atoms with E-state index in [1.807, 2.05) is 30.3 Å². The van der Waals surface area contributed by atoms with Crippen LogP contribution < -0.4 is 14.2 Å². The quantitative estimate of drug-likeness (QED) is 0.217. The van der Waals surface area contributed by atoms with Crippen molar-refractivity contribution in [3.63, 3.8) is 0 Å². The molecule has 0 atom stereocenters. The molecule has 0 aliphatic heterocycles. The fraction of sp³-hybridized carbons (Fsp3) is 0.154. The lowest BCUT2D eigenvalue weighted by atomic mass is 10.0. The summed E-state index contributed by atoms with van der Waals surface area (Å²) in [7, 11) is 3.12. The van der Waals surface area contributed by atoms with Crippen LogP contribution in [0.25, 0.3) is 11.6 Å². The van der Waals surface area contributed by atoms with Crippen LogP contribution in [-0.2, 0) is 11.2 Å². The molecule has 0 saturated carbocycles. The molecular weight excluding hydrogens is 390 g/mol. The molecule has 0 amide bonds. The maximum Gasteiger partial charge on any atom is 0.311 e. The molecule has 31 heavy (non-hydrogen) atoms. The number of aryl methyl sites for hydroxylation is 1. The summed E-state index contributed by atoms with van der Waals surface area (Å²) in [4.78, 5) is 12.1. The third kappa shape index (κ3) is 5.97. The maximum absolute atomic E-state index is 12.1. The molecule has 3 aromatic rings. The SMILES string of the molecule is COc1ccc(/C(C#N)=C\c2ccc(OC(=O)CCc3ccccc3)cc2)cc1OC. The van der Waals surface area contributed by atoms with Gasteiger partial charge in [0.25, 0.3) is 0 Å². The minimum Gasteiger partial charge on any atom is -0.493 e. The van der Waals surface area contributed by atoms with Crippen molar-refractivity contribution in [3.05, 3.63) is 89.5 Å². The highest BCUT2D eigenvalue weighted by Crippen LogP contribution is 2.31. The molecule has 0 unspecified atom stereocenters. The summed E-state index contributed by atoms with van der Waals surface area (Å²) in [5.41, 5.74) is 3.11. The minimum atomic E-state index is -0.282. The van der Waals surface area contributed by atoms with Crippen molar-refractivity contribution in [2.75, 3.05) is 14.2 Å². The molecule has 3 aromatic carbocycles. The van der Waals surface area contributed by atoms with E-state index in [9.17, 15) is 10.1 Å². The van der Waals surface area contributed by atoms with E-state index in [0.717, 1.165) is 16.7 Å². The number of hydrogen-bond acceptors (Lipinski definition) is 5. The van der Waals surface area contributed by atoms with Crippen LogP contribution >= 0.6 is 0 Å². The number of allylic oxidation sites excluding steroid dienone is 1. The number of methoxy groups -OCH3 is 2. The molecule has 0 aliphatic rings. The van der Waals surface area contributed by atoms with Crippen LogP contribution in [0.3, 0.4) is 0 Å². The van der Waals surface area contributed by atoms with Gasteiger partial charge in [0.15, 0.2) is 11.5 Å². The lowest BCUT2D eigenvalue weighted by Gasteiger charge is -2.09. The summed E-state index contributed by atoms with van der Waals surface area (Å²) >= 11 is 0. The summed E-state index contributed by atoms with van der Waals surface area (Å²) in [6.07, 6.45) is 2.71. The van der Waals surface area contributed by atoms with Crippen LogP contribution in [0.1, 0.15) is 23.1 Å². The van der Waals surface area contributed by atoms with Gasteiger partial charge in [0.1, 0.15) is 5.75 Å². The Morgan fingerprint density at radius 1 is 0.935 bits per heavy atom. The molecule has 5 nitrogen and oxygen atoms in total. The number of carbonyl (C=O) groups excluding carboxylic acids is 1. The first kappa shape index (κ1) is 21.7. The number of esters is 1. The van der Waals surface area contributed by atoms with E-state index in [4.69, 9.17) is 14.2 Å². The van der Waals surface area contributed by atoms with Crippen LogP contribution in [0.2, 0.25) is 0 Å². The Morgan fingerprint density at radius 2 is 1.65 bits per heavy atom. The van der Waals surface area contributed by atoms with Gasteiger partial charge in [0, 0.05) is 6.42 Å². The Balaban J connectivity index is 1.66. The Hall–Kier alpha value is -4.04. The second kappa shape index (κ2) is 10.7. The number of nitrogens with zero attached hydrogens (tertiary/aromatic N) is 1. The van der Waals surface area contributed by atoms with Crippen molar-refractivity contribution in [1.29, 1.82) is 5.26 Å². The van der Waals surface area contributed by atoms with Gasteiger partial charge in [-0.1, -0.05) is 42.5 Å². The average molecular weight is 413 g/mol. The lowest BCUT2D eigenvalue weighted by molar-refractivity contribution is -0.134. The number of carbonyl (C=O) groups is 1.